The quantitative estimate of drug-likeness (QED) is 0.867. The van der Waals surface area contributed by atoms with Crippen LogP contribution >= 0.6 is 0 Å². The minimum absolute atomic E-state index is 0.0765. The SMILES string of the molecule is CC1CCCNC1CC(=O)NCCc1cccc(F)c1. The van der Waals surface area contributed by atoms with Gasteiger partial charge in [-0.3, -0.25) is 4.79 Å². The van der Waals surface area contributed by atoms with Gasteiger partial charge in [-0.2, -0.15) is 0 Å². The molecule has 4 heteroatoms. The van der Waals surface area contributed by atoms with Crippen molar-refractivity contribution in [3.8, 4) is 0 Å². The number of amides is 1. The standard InChI is InChI=1S/C16H23FN2O/c1-12-4-3-8-18-15(12)11-16(20)19-9-7-13-5-2-6-14(17)10-13/h2,5-6,10,12,15,18H,3-4,7-9,11H2,1H3,(H,19,20). The molecule has 110 valence electrons. The van der Waals surface area contributed by atoms with E-state index >= 15 is 0 Å². The van der Waals surface area contributed by atoms with E-state index in [1.165, 1.54) is 25.0 Å². The predicted octanol–water partition coefficient (Wildman–Crippen LogP) is 2.26. The molecule has 2 rings (SSSR count). The van der Waals surface area contributed by atoms with E-state index in [1.807, 2.05) is 6.07 Å². The fourth-order valence-electron chi connectivity index (χ4n) is 2.70. The highest BCUT2D eigenvalue weighted by Crippen LogP contribution is 2.17. The lowest BCUT2D eigenvalue weighted by molar-refractivity contribution is -0.121. The fraction of sp³-hybridized carbons (Fsp3) is 0.562. The first kappa shape index (κ1) is 15.0. The van der Waals surface area contributed by atoms with Crippen LogP contribution in [0.5, 0.6) is 0 Å². The van der Waals surface area contributed by atoms with Crippen LogP contribution in [0.1, 0.15) is 31.7 Å². The Morgan fingerprint density at radius 2 is 2.35 bits per heavy atom. The van der Waals surface area contributed by atoms with Gasteiger partial charge in [-0.1, -0.05) is 19.1 Å². The van der Waals surface area contributed by atoms with Gasteiger partial charge in [0.2, 0.25) is 5.91 Å². The minimum atomic E-state index is -0.228. The van der Waals surface area contributed by atoms with Crippen molar-refractivity contribution in [2.75, 3.05) is 13.1 Å². The Morgan fingerprint density at radius 1 is 1.50 bits per heavy atom. The largest absolute Gasteiger partial charge is 0.356 e. The lowest BCUT2D eigenvalue weighted by Gasteiger charge is -2.29. The summed E-state index contributed by atoms with van der Waals surface area (Å²) in [6.45, 7) is 3.76. The van der Waals surface area contributed by atoms with Gasteiger partial charge < -0.3 is 10.6 Å². The van der Waals surface area contributed by atoms with Crippen molar-refractivity contribution in [1.29, 1.82) is 0 Å². The number of nitrogens with one attached hydrogen (secondary N) is 2. The molecular formula is C16H23FN2O. The highest BCUT2D eigenvalue weighted by molar-refractivity contribution is 5.76. The van der Waals surface area contributed by atoms with Crippen LogP contribution < -0.4 is 10.6 Å². The van der Waals surface area contributed by atoms with Gasteiger partial charge >= 0.3 is 0 Å². The number of benzene rings is 1. The maximum absolute atomic E-state index is 13.0. The average Bonchev–Trinajstić information content (AvgIpc) is 2.41. The lowest BCUT2D eigenvalue weighted by Crippen LogP contribution is -2.43. The molecule has 1 amide bonds. The number of halogens is 1. The van der Waals surface area contributed by atoms with E-state index in [4.69, 9.17) is 0 Å². The summed E-state index contributed by atoms with van der Waals surface area (Å²) in [5.41, 5.74) is 0.912. The molecule has 1 aliphatic rings. The summed E-state index contributed by atoms with van der Waals surface area (Å²) >= 11 is 0. The Balaban J connectivity index is 1.70. The average molecular weight is 278 g/mol. The third kappa shape index (κ3) is 4.60. The van der Waals surface area contributed by atoms with Crippen LogP contribution in [-0.4, -0.2) is 25.0 Å². The molecule has 0 aliphatic carbocycles. The summed E-state index contributed by atoms with van der Waals surface area (Å²) in [6, 6.07) is 6.80. The molecule has 1 aromatic carbocycles. The fourth-order valence-corrected chi connectivity index (χ4v) is 2.70. The highest BCUT2D eigenvalue weighted by atomic mass is 19.1. The second-order valence-electron chi connectivity index (χ2n) is 5.61. The lowest BCUT2D eigenvalue weighted by atomic mass is 9.90. The molecular weight excluding hydrogens is 255 g/mol. The molecule has 3 nitrogen and oxygen atoms in total. The number of hydrogen-bond acceptors (Lipinski definition) is 2. The minimum Gasteiger partial charge on any atom is -0.356 e. The van der Waals surface area contributed by atoms with Gasteiger partial charge in [0.15, 0.2) is 0 Å². The van der Waals surface area contributed by atoms with Crippen molar-refractivity contribution in [3.63, 3.8) is 0 Å². The van der Waals surface area contributed by atoms with Gasteiger partial charge in [-0.25, -0.2) is 4.39 Å². The van der Waals surface area contributed by atoms with E-state index in [2.05, 4.69) is 17.6 Å². The van der Waals surface area contributed by atoms with Crippen molar-refractivity contribution in [2.24, 2.45) is 5.92 Å². The Morgan fingerprint density at radius 3 is 3.10 bits per heavy atom. The van der Waals surface area contributed by atoms with E-state index in [0.717, 1.165) is 12.1 Å². The van der Waals surface area contributed by atoms with Crippen LogP contribution in [0, 0.1) is 11.7 Å². The van der Waals surface area contributed by atoms with Gasteiger partial charge in [-0.15, -0.1) is 0 Å². The Bertz CT molecular complexity index is 450. The molecule has 1 aliphatic heterocycles. The molecule has 2 atom stereocenters. The van der Waals surface area contributed by atoms with Gasteiger partial charge in [0.25, 0.3) is 0 Å². The van der Waals surface area contributed by atoms with Gasteiger partial charge in [0, 0.05) is 19.0 Å². The van der Waals surface area contributed by atoms with E-state index in [1.54, 1.807) is 6.07 Å². The Hall–Kier alpha value is -1.42. The summed E-state index contributed by atoms with van der Waals surface area (Å²) in [5, 5.41) is 6.32. The molecule has 0 bridgehead atoms. The van der Waals surface area contributed by atoms with Crippen LogP contribution in [0.3, 0.4) is 0 Å². The molecule has 1 aromatic rings. The number of carbonyl (C=O) groups is 1. The Kier molecular flexibility index (Phi) is 5.53. The molecule has 2 unspecified atom stereocenters. The maximum Gasteiger partial charge on any atom is 0.221 e. The monoisotopic (exact) mass is 278 g/mol. The second-order valence-corrected chi connectivity index (χ2v) is 5.61. The van der Waals surface area contributed by atoms with E-state index in [9.17, 15) is 9.18 Å². The molecule has 0 radical (unpaired) electrons. The highest BCUT2D eigenvalue weighted by Gasteiger charge is 2.22. The molecule has 2 N–H and O–H groups in total. The summed E-state index contributed by atoms with van der Waals surface area (Å²) in [7, 11) is 0. The summed E-state index contributed by atoms with van der Waals surface area (Å²) < 4.78 is 13.0. The van der Waals surface area contributed by atoms with E-state index < -0.39 is 0 Å². The summed E-state index contributed by atoms with van der Waals surface area (Å²) in [6.07, 6.45) is 3.58. The smallest absolute Gasteiger partial charge is 0.221 e. The first-order valence-electron chi connectivity index (χ1n) is 7.39. The molecule has 1 fully saturated rings. The van der Waals surface area contributed by atoms with Gasteiger partial charge in [0.1, 0.15) is 5.82 Å². The van der Waals surface area contributed by atoms with Crippen molar-refractivity contribution in [3.05, 3.63) is 35.6 Å². The number of carbonyl (C=O) groups excluding carboxylic acids is 1. The van der Waals surface area contributed by atoms with Crippen molar-refractivity contribution < 1.29 is 9.18 Å². The van der Waals surface area contributed by atoms with Crippen molar-refractivity contribution in [1.82, 2.24) is 10.6 Å². The van der Waals surface area contributed by atoms with Gasteiger partial charge in [0.05, 0.1) is 0 Å². The van der Waals surface area contributed by atoms with Crippen LogP contribution in [-0.2, 0) is 11.2 Å². The topological polar surface area (TPSA) is 41.1 Å². The van der Waals surface area contributed by atoms with Crippen molar-refractivity contribution in [2.45, 2.75) is 38.6 Å². The summed E-state index contributed by atoms with van der Waals surface area (Å²) in [4.78, 5) is 11.9. The zero-order valence-corrected chi connectivity index (χ0v) is 12.0. The normalized spacial score (nSPS) is 22.5. The second kappa shape index (κ2) is 7.39. The first-order valence-corrected chi connectivity index (χ1v) is 7.39. The van der Waals surface area contributed by atoms with Crippen LogP contribution in [0.4, 0.5) is 4.39 Å². The van der Waals surface area contributed by atoms with E-state index in [-0.39, 0.29) is 17.8 Å². The molecule has 0 aromatic heterocycles. The molecule has 1 saturated heterocycles. The van der Waals surface area contributed by atoms with Crippen LogP contribution in [0.2, 0.25) is 0 Å². The molecule has 1 heterocycles. The van der Waals surface area contributed by atoms with Crippen molar-refractivity contribution >= 4 is 5.91 Å². The summed E-state index contributed by atoms with van der Waals surface area (Å²) in [5.74, 6) is 0.402. The number of rotatable bonds is 5. The zero-order chi connectivity index (χ0) is 14.4. The predicted molar refractivity (Wildman–Crippen MR) is 77.9 cm³/mol. The Labute approximate surface area is 120 Å². The van der Waals surface area contributed by atoms with E-state index in [0.29, 0.717) is 25.3 Å². The molecule has 20 heavy (non-hydrogen) atoms. The third-order valence-corrected chi connectivity index (χ3v) is 3.96. The van der Waals surface area contributed by atoms with Gasteiger partial charge in [-0.05, 0) is 49.4 Å². The van der Waals surface area contributed by atoms with Crippen LogP contribution in [0.25, 0.3) is 0 Å². The number of hydrogen-bond donors (Lipinski definition) is 2. The molecule has 0 saturated carbocycles. The molecule has 0 spiro atoms. The number of piperidine rings is 1. The first-order chi connectivity index (χ1) is 9.65. The zero-order valence-electron chi connectivity index (χ0n) is 12.0. The van der Waals surface area contributed by atoms with Crippen LogP contribution in [0.15, 0.2) is 24.3 Å². The maximum atomic E-state index is 13.0. The third-order valence-electron chi connectivity index (χ3n) is 3.96.